The SMILES string of the molecule is CC(C)C(C)c1nnc(CC(C)(C)CC(=O)O)o1. The highest BCUT2D eigenvalue weighted by Gasteiger charge is 2.26. The quantitative estimate of drug-likeness (QED) is 0.844. The van der Waals surface area contributed by atoms with Crippen molar-refractivity contribution < 1.29 is 14.3 Å². The highest BCUT2D eigenvalue weighted by atomic mass is 16.4. The number of rotatable bonds is 6. The van der Waals surface area contributed by atoms with Crippen LogP contribution in [-0.2, 0) is 11.2 Å². The Morgan fingerprint density at radius 1 is 1.33 bits per heavy atom. The molecule has 0 spiro atoms. The zero-order chi connectivity index (χ0) is 13.9. The topological polar surface area (TPSA) is 76.2 Å². The Bertz CT molecular complexity index is 410. The molecule has 1 aromatic heterocycles. The van der Waals surface area contributed by atoms with E-state index in [9.17, 15) is 4.79 Å². The molecule has 1 rings (SSSR count). The van der Waals surface area contributed by atoms with Crippen LogP contribution in [0.15, 0.2) is 4.42 Å². The third kappa shape index (κ3) is 4.13. The summed E-state index contributed by atoms with van der Waals surface area (Å²) < 4.78 is 5.61. The number of carboxylic acid groups (broad SMARTS) is 1. The molecular formula is C13H22N2O3. The molecule has 0 saturated heterocycles. The number of hydrogen-bond acceptors (Lipinski definition) is 4. The summed E-state index contributed by atoms with van der Waals surface area (Å²) in [7, 11) is 0. The number of carbonyl (C=O) groups is 1. The monoisotopic (exact) mass is 254 g/mol. The van der Waals surface area contributed by atoms with Gasteiger partial charge in [0.25, 0.3) is 0 Å². The highest BCUT2D eigenvalue weighted by Crippen LogP contribution is 2.27. The van der Waals surface area contributed by atoms with E-state index in [1.165, 1.54) is 0 Å². The molecule has 0 aliphatic carbocycles. The fourth-order valence-electron chi connectivity index (χ4n) is 1.69. The van der Waals surface area contributed by atoms with Gasteiger partial charge in [-0.15, -0.1) is 10.2 Å². The van der Waals surface area contributed by atoms with E-state index in [1.807, 2.05) is 20.8 Å². The van der Waals surface area contributed by atoms with Crippen molar-refractivity contribution in [2.45, 2.75) is 53.4 Å². The van der Waals surface area contributed by atoms with Crippen LogP contribution in [0.25, 0.3) is 0 Å². The Morgan fingerprint density at radius 2 is 1.94 bits per heavy atom. The fraction of sp³-hybridized carbons (Fsp3) is 0.769. The smallest absolute Gasteiger partial charge is 0.303 e. The van der Waals surface area contributed by atoms with Crippen LogP contribution in [0.4, 0.5) is 0 Å². The van der Waals surface area contributed by atoms with Gasteiger partial charge in [-0.1, -0.05) is 34.6 Å². The second-order valence-electron chi connectivity index (χ2n) is 5.98. The average molecular weight is 254 g/mol. The molecule has 0 amide bonds. The molecule has 0 aromatic carbocycles. The number of nitrogens with zero attached hydrogens (tertiary/aromatic N) is 2. The summed E-state index contributed by atoms with van der Waals surface area (Å²) in [5, 5.41) is 16.9. The summed E-state index contributed by atoms with van der Waals surface area (Å²) in [6.45, 7) is 10.0. The third-order valence-electron chi connectivity index (χ3n) is 3.13. The van der Waals surface area contributed by atoms with Crippen molar-refractivity contribution >= 4 is 5.97 Å². The summed E-state index contributed by atoms with van der Waals surface area (Å²) in [6.07, 6.45) is 0.571. The predicted octanol–water partition coefficient (Wildman–Crippen LogP) is 2.87. The Hall–Kier alpha value is -1.39. The largest absolute Gasteiger partial charge is 0.481 e. The van der Waals surface area contributed by atoms with Crippen molar-refractivity contribution in [2.24, 2.45) is 11.3 Å². The maximum Gasteiger partial charge on any atom is 0.303 e. The van der Waals surface area contributed by atoms with Gasteiger partial charge in [0.05, 0.1) is 6.42 Å². The van der Waals surface area contributed by atoms with Gasteiger partial charge in [-0.2, -0.15) is 0 Å². The van der Waals surface area contributed by atoms with E-state index in [4.69, 9.17) is 9.52 Å². The van der Waals surface area contributed by atoms with E-state index < -0.39 is 5.97 Å². The number of aromatic nitrogens is 2. The van der Waals surface area contributed by atoms with Crippen molar-refractivity contribution in [3.05, 3.63) is 11.8 Å². The molecule has 5 nitrogen and oxygen atoms in total. The highest BCUT2D eigenvalue weighted by molar-refractivity contribution is 5.67. The Morgan fingerprint density at radius 3 is 2.44 bits per heavy atom. The molecule has 1 atom stereocenters. The maximum atomic E-state index is 10.7. The van der Waals surface area contributed by atoms with Crippen LogP contribution < -0.4 is 0 Å². The molecule has 0 aliphatic heterocycles. The third-order valence-corrected chi connectivity index (χ3v) is 3.13. The number of hydrogen-bond donors (Lipinski definition) is 1. The first-order valence-electron chi connectivity index (χ1n) is 6.25. The average Bonchev–Trinajstić information content (AvgIpc) is 2.61. The molecule has 0 aliphatic rings. The normalized spacial score (nSPS) is 13.9. The molecule has 1 unspecified atom stereocenters. The zero-order valence-electron chi connectivity index (χ0n) is 11.7. The van der Waals surface area contributed by atoms with E-state index in [1.54, 1.807) is 0 Å². The molecule has 1 N–H and O–H groups in total. The van der Waals surface area contributed by atoms with Crippen molar-refractivity contribution in [1.82, 2.24) is 10.2 Å². The zero-order valence-corrected chi connectivity index (χ0v) is 11.7. The minimum atomic E-state index is -0.810. The second kappa shape index (κ2) is 5.50. The van der Waals surface area contributed by atoms with Crippen LogP contribution in [0.1, 0.15) is 58.7 Å². The predicted molar refractivity (Wildman–Crippen MR) is 67.3 cm³/mol. The fourth-order valence-corrected chi connectivity index (χ4v) is 1.69. The lowest BCUT2D eigenvalue weighted by molar-refractivity contribution is -0.139. The Labute approximate surface area is 108 Å². The van der Waals surface area contributed by atoms with Crippen molar-refractivity contribution in [2.75, 3.05) is 0 Å². The summed E-state index contributed by atoms with van der Waals surface area (Å²) in [6, 6.07) is 0. The Kier molecular flexibility index (Phi) is 4.48. The molecule has 0 saturated carbocycles. The van der Waals surface area contributed by atoms with E-state index in [2.05, 4.69) is 24.0 Å². The summed E-state index contributed by atoms with van der Waals surface area (Å²) in [4.78, 5) is 10.7. The van der Waals surface area contributed by atoms with Crippen LogP contribution in [0.2, 0.25) is 0 Å². The lowest BCUT2D eigenvalue weighted by Crippen LogP contribution is -2.19. The molecule has 1 heterocycles. The van der Waals surface area contributed by atoms with Crippen molar-refractivity contribution in [3.63, 3.8) is 0 Å². The van der Waals surface area contributed by atoms with Crippen LogP contribution in [0.5, 0.6) is 0 Å². The molecule has 102 valence electrons. The molecular weight excluding hydrogens is 232 g/mol. The first-order valence-corrected chi connectivity index (χ1v) is 6.25. The van der Waals surface area contributed by atoms with Crippen LogP contribution in [-0.4, -0.2) is 21.3 Å². The molecule has 0 fully saturated rings. The van der Waals surface area contributed by atoms with E-state index in [0.29, 0.717) is 24.1 Å². The van der Waals surface area contributed by atoms with Gasteiger partial charge in [-0.05, 0) is 11.3 Å². The first-order chi connectivity index (χ1) is 8.21. The van der Waals surface area contributed by atoms with Crippen LogP contribution in [0, 0.1) is 11.3 Å². The summed E-state index contributed by atoms with van der Waals surface area (Å²) in [5.74, 6) is 0.990. The number of aliphatic carboxylic acids is 1. The second-order valence-corrected chi connectivity index (χ2v) is 5.98. The molecule has 18 heavy (non-hydrogen) atoms. The van der Waals surface area contributed by atoms with Gasteiger partial charge in [0.1, 0.15) is 0 Å². The van der Waals surface area contributed by atoms with Crippen molar-refractivity contribution in [3.8, 4) is 0 Å². The van der Waals surface area contributed by atoms with E-state index >= 15 is 0 Å². The maximum absolute atomic E-state index is 10.7. The van der Waals surface area contributed by atoms with Crippen LogP contribution >= 0.6 is 0 Å². The molecule has 0 bridgehead atoms. The first kappa shape index (κ1) is 14.7. The summed E-state index contributed by atoms with van der Waals surface area (Å²) >= 11 is 0. The standard InChI is InChI=1S/C13H22N2O3/c1-8(2)9(3)12-15-14-10(18-12)6-13(4,5)7-11(16)17/h8-9H,6-7H2,1-5H3,(H,16,17). The van der Waals surface area contributed by atoms with E-state index in [0.717, 1.165) is 0 Å². The van der Waals surface area contributed by atoms with Gasteiger partial charge in [0.2, 0.25) is 11.8 Å². The van der Waals surface area contributed by atoms with Gasteiger partial charge in [0.15, 0.2) is 0 Å². The van der Waals surface area contributed by atoms with Crippen molar-refractivity contribution in [1.29, 1.82) is 0 Å². The van der Waals surface area contributed by atoms with Crippen LogP contribution in [0.3, 0.4) is 0 Å². The minimum Gasteiger partial charge on any atom is -0.481 e. The van der Waals surface area contributed by atoms with E-state index in [-0.39, 0.29) is 17.8 Å². The van der Waals surface area contributed by atoms with Gasteiger partial charge in [-0.25, -0.2) is 0 Å². The number of carboxylic acids is 1. The van der Waals surface area contributed by atoms with Gasteiger partial charge in [-0.3, -0.25) is 4.79 Å². The van der Waals surface area contributed by atoms with Gasteiger partial charge in [0, 0.05) is 12.3 Å². The molecule has 0 radical (unpaired) electrons. The summed E-state index contributed by atoms with van der Waals surface area (Å²) in [5.41, 5.74) is -0.378. The molecule has 5 heteroatoms. The van der Waals surface area contributed by atoms with Gasteiger partial charge < -0.3 is 9.52 Å². The Balaban J connectivity index is 2.72. The van der Waals surface area contributed by atoms with Gasteiger partial charge >= 0.3 is 5.97 Å². The molecule has 1 aromatic rings. The lowest BCUT2D eigenvalue weighted by Gasteiger charge is -2.19. The lowest BCUT2D eigenvalue weighted by atomic mass is 9.86. The minimum absolute atomic E-state index is 0.0877.